The van der Waals surface area contributed by atoms with Crippen LogP contribution < -0.4 is 0 Å². The van der Waals surface area contributed by atoms with E-state index in [0.717, 1.165) is 0 Å². The zero-order valence-corrected chi connectivity index (χ0v) is 5.25. The molecule has 11 heavy (non-hydrogen) atoms. The summed E-state index contributed by atoms with van der Waals surface area (Å²) < 4.78 is 35.3. The maximum absolute atomic E-state index is 11.8. The number of amides is 1. The molecule has 1 atom stereocenters. The fraction of sp³-hybridized carbons (Fsp3) is 0.750. The van der Waals surface area contributed by atoms with Gasteiger partial charge in [0.15, 0.2) is 6.04 Å². The Bertz CT molecular complexity index is 190. The van der Waals surface area contributed by atoms with E-state index in [9.17, 15) is 18.0 Å². The van der Waals surface area contributed by atoms with Crippen LogP contribution in [-0.2, 0) is 4.79 Å². The lowest BCUT2D eigenvalue weighted by atomic mass is 10.3. The van der Waals surface area contributed by atoms with Gasteiger partial charge in [0.05, 0.1) is 6.54 Å². The van der Waals surface area contributed by atoms with Gasteiger partial charge in [-0.2, -0.15) is 18.3 Å². The van der Waals surface area contributed by atoms with Crippen molar-refractivity contribution < 1.29 is 18.0 Å². The van der Waals surface area contributed by atoms with Crippen LogP contribution in [0.3, 0.4) is 0 Å². The molecule has 1 amide bonds. The SMILES string of the molecule is O=CN1CC(C(F)(F)F)N=N1. The maximum Gasteiger partial charge on any atom is 0.414 e. The lowest BCUT2D eigenvalue weighted by Gasteiger charge is -2.09. The number of halogens is 3. The zero-order valence-electron chi connectivity index (χ0n) is 5.25. The summed E-state index contributed by atoms with van der Waals surface area (Å²) in [7, 11) is 0. The van der Waals surface area contributed by atoms with Gasteiger partial charge in [0, 0.05) is 0 Å². The smallest absolute Gasteiger partial charge is 0.277 e. The highest BCUT2D eigenvalue weighted by Gasteiger charge is 2.43. The van der Waals surface area contributed by atoms with Crippen molar-refractivity contribution in [2.24, 2.45) is 10.3 Å². The average Bonchev–Trinajstić information content (AvgIpc) is 2.32. The number of nitrogens with zero attached hydrogens (tertiary/aromatic N) is 3. The van der Waals surface area contributed by atoms with Crippen molar-refractivity contribution in [3.05, 3.63) is 0 Å². The molecule has 62 valence electrons. The van der Waals surface area contributed by atoms with Crippen molar-refractivity contribution in [2.75, 3.05) is 6.54 Å². The zero-order chi connectivity index (χ0) is 8.48. The van der Waals surface area contributed by atoms with Crippen LogP contribution in [0.1, 0.15) is 0 Å². The van der Waals surface area contributed by atoms with Gasteiger partial charge in [0.2, 0.25) is 6.41 Å². The van der Waals surface area contributed by atoms with Gasteiger partial charge < -0.3 is 0 Å². The van der Waals surface area contributed by atoms with Crippen LogP contribution >= 0.6 is 0 Å². The van der Waals surface area contributed by atoms with Crippen molar-refractivity contribution >= 4 is 6.41 Å². The molecule has 0 bridgehead atoms. The topological polar surface area (TPSA) is 45.0 Å². The first kappa shape index (κ1) is 7.96. The molecular formula is C4H4F3N3O. The third-order valence-corrected chi connectivity index (χ3v) is 1.17. The first-order valence-corrected chi connectivity index (χ1v) is 2.73. The Morgan fingerprint density at radius 3 is 2.45 bits per heavy atom. The lowest BCUT2D eigenvalue weighted by molar-refractivity contribution is -0.146. The van der Waals surface area contributed by atoms with Gasteiger partial charge in [-0.1, -0.05) is 5.22 Å². The summed E-state index contributed by atoms with van der Waals surface area (Å²) in [6.07, 6.45) is -4.20. The van der Waals surface area contributed by atoms with Crippen LogP contribution in [0, 0.1) is 0 Å². The van der Waals surface area contributed by atoms with E-state index in [1.54, 1.807) is 0 Å². The van der Waals surface area contributed by atoms with Crippen LogP contribution in [0.4, 0.5) is 13.2 Å². The number of alkyl halides is 3. The van der Waals surface area contributed by atoms with E-state index in [0.29, 0.717) is 5.01 Å². The van der Waals surface area contributed by atoms with Gasteiger partial charge in [-0.05, 0) is 0 Å². The molecule has 0 fully saturated rings. The Balaban J connectivity index is 2.56. The standard InChI is InChI=1S/C4H4F3N3O/c5-4(6,7)3-1-10(2-11)9-8-3/h2-3H,1H2. The number of rotatable bonds is 1. The van der Waals surface area contributed by atoms with Gasteiger partial charge in [0.1, 0.15) is 0 Å². The Labute approximate surface area is 59.7 Å². The highest BCUT2D eigenvalue weighted by molar-refractivity contribution is 5.46. The van der Waals surface area contributed by atoms with Gasteiger partial charge >= 0.3 is 6.18 Å². The molecule has 4 nitrogen and oxygen atoms in total. The first-order chi connectivity index (χ1) is 5.04. The molecule has 0 saturated carbocycles. The second kappa shape index (κ2) is 2.48. The number of carbonyl (C=O) groups excluding carboxylic acids is 1. The van der Waals surface area contributed by atoms with Crippen LogP contribution in [0.25, 0.3) is 0 Å². The van der Waals surface area contributed by atoms with E-state index in [2.05, 4.69) is 10.3 Å². The van der Waals surface area contributed by atoms with Crippen LogP contribution in [-0.4, -0.2) is 30.2 Å². The monoisotopic (exact) mass is 167 g/mol. The third-order valence-electron chi connectivity index (χ3n) is 1.17. The molecule has 0 aliphatic carbocycles. The van der Waals surface area contributed by atoms with E-state index in [1.165, 1.54) is 0 Å². The van der Waals surface area contributed by atoms with Gasteiger partial charge in [-0.25, -0.2) is 5.01 Å². The average molecular weight is 167 g/mol. The fourth-order valence-corrected chi connectivity index (χ4v) is 0.612. The Morgan fingerprint density at radius 2 is 2.18 bits per heavy atom. The quantitative estimate of drug-likeness (QED) is 0.531. The molecule has 0 aromatic carbocycles. The van der Waals surface area contributed by atoms with Crippen molar-refractivity contribution in [2.45, 2.75) is 12.2 Å². The second-order valence-corrected chi connectivity index (χ2v) is 1.99. The number of hydrogen-bond acceptors (Lipinski definition) is 3. The molecule has 0 saturated heterocycles. The van der Waals surface area contributed by atoms with Crippen molar-refractivity contribution in [3.63, 3.8) is 0 Å². The molecule has 1 aliphatic rings. The van der Waals surface area contributed by atoms with E-state index in [1.807, 2.05) is 0 Å². The third kappa shape index (κ3) is 1.66. The maximum atomic E-state index is 11.8. The molecule has 0 spiro atoms. The highest BCUT2D eigenvalue weighted by Crippen LogP contribution is 2.26. The van der Waals surface area contributed by atoms with Gasteiger partial charge in [0.25, 0.3) is 0 Å². The minimum atomic E-state index is -4.40. The molecule has 1 heterocycles. The predicted molar refractivity (Wildman–Crippen MR) is 27.5 cm³/mol. The highest BCUT2D eigenvalue weighted by atomic mass is 19.4. The molecule has 0 aromatic heterocycles. The molecule has 0 radical (unpaired) electrons. The number of hydrogen-bond donors (Lipinski definition) is 0. The summed E-state index contributed by atoms with van der Waals surface area (Å²) >= 11 is 0. The molecule has 0 aromatic rings. The molecular weight excluding hydrogens is 163 g/mol. The first-order valence-electron chi connectivity index (χ1n) is 2.73. The molecule has 1 aliphatic heterocycles. The minimum Gasteiger partial charge on any atom is -0.277 e. The Morgan fingerprint density at radius 1 is 1.55 bits per heavy atom. The molecule has 0 N–H and O–H groups in total. The summed E-state index contributed by atoms with van der Waals surface area (Å²) in [6.45, 7) is -0.507. The largest absolute Gasteiger partial charge is 0.414 e. The predicted octanol–water partition coefficient (Wildman–Crippen LogP) is 0.756. The molecule has 1 rings (SSSR count). The molecule has 7 heteroatoms. The van der Waals surface area contributed by atoms with E-state index in [4.69, 9.17) is 0 Å². The normalized spacial score (nSPS) is 24.3. The van der Waals surface area contributed by atoms with Crippen LogP contribution in [0.5, 0.6) is 0 Å². The Hall–Kier alpha value is -1.14. The van der Waals surface area contributed by atoms with E-state index >= 15 is 0 Å². The lowest BCUT2D eigenvalue weighted by Crippen LogP contribution is -2.32. The summed E-state index contributed by atoms with van der Waals surface area (Å²) in [6, 6.07) is -1.85. The van der Waals surface area contributed by atoms with Crippen molar-refractivity contribution in [3.8, 4) is 0 Å². The summed E-state index contributed by atoms with van der Waals surface area (Å²) in [4.78, 5) is 9.88. The number of carbonyl (C=O) groups is 1. The van der Waals surface area contributed by atoms with E-state index < -0.39 is 18.8 Å². The second-order valence-electron chi connectivity index (χ2n) is 1.99. The fourth-order valence-electron chi connectivity index (χ4n) is 0.612. The van der Waals surface area contributed by atoms with Crippen molar-refractivity contribution in [1.29, 1.82) is 0 Å². The summed E-state index contributed by atoms with van der Waals surface area (Å²) in [5, 5.41) is 6.44. The van der Waals surface area contributed by atoms with E-state index in [-0.39, 0.29) is 6.41 Å². The van der Waals surface area contributed by atoms with Gasteiger partial charge in [-0.3, -0.25) is 4.79 Å². The Kier molecular flexibility index (Phi) is 1.79. The van der Waals surface area contributed by atoms with Crippen LogP contribution in [0.15, 0.2) is 10.3 Å². The summed E-state index contributed by atoms with van der Waals surface area (Å²) in [5.74, 6) is 0. The van der Waals surface area contributed by atoms with Crippen molar-refractivity contribution in [1.82, 2.24) is 5.01 Å². The minimum absolute atomic E-state index is 0.204. The summed E-state index contributed by atoms with van der Waals surface area (Å²) in [5.41, 5.74) is 0. The van der Waals surface area contributed by atoms with Crippen LogP contribution in [0.2, 0.25) is 0 Å². The van der Waals surface area contributed by atoms with Gasteiger partial charge in [-0.15, -0.1) is 0 Å². The molecule has 1 unspecified atom stereocenters.